The first-order chi connectivity index (χ1) is 21.3. The topological polar surface area (TPSA) is 111 Å². The first kappa shape index (κ1) is 39.4. The number of hydrogen-bond donors (Lipinski definition) is 2. The van der Waals surface area contributed by atoms with Gasteiger partial charge in [-0.25, -0.2) is 18.7 Å². The summed E-state index contributed by atoms with van der Waals surface area (Å²) in [5.41, 5.74) is 1.78. The number of hydrogen-bond acceptors (Lipinski definition) is 8. The number of phenols is 2. The molecule has 2 atom stereocenters. The Morgan fingerprint density at radius 1 is 0.574 bits per heavy atom. The molecule has 2 aromatic carbocycles. The van der Waals surface area contributed by atoms with Crippen molar-refractivity contribution in [2.75, 3.05) is 62.2 Å². The maximum atomic E-state index is 13.5. The number of nitrogens with zero attached hydrogens (tertiary/aromatic N) is 6. The van der Waals surface area contributed by atoms with Crippen LogP contribution >= 0.6 is 24.8 Å². The number of aromatic hydroxyl groups is 2. The first-order valence-corrected chi connectivity index (χ1v) is 15.1. The van der Waals surface area contributed by atoms with Crippen LogP contribution in [-0.2, 0) is 0 Å². The third-order valence-electron chi connectivity index (χ3n) is 8.58. The Kier molecular flexibility index (Phi) is 15.6. The molecule has 2 unspecified atom stereocenters. The second-order valence-corrected chi connectivity index (χ2v) is 11.2. The molecule has 9 nitrogen and oxygen atoms in total. The third-order valence-corrected chi connectivity index (χ3v) is 8.58. The van der Waals surface area contributed by atoms with Crippen molar-refractivity contribution in [3.8, 4) is 11.5 Å². The lowest BCUT2D eigenvalue weighted by Gasteiger charge is -2.38. The van der Waals surface area contributed by atoms with Crippen LogP contribution in [0.3, 0.4) is 0 Å². The largest absolute Gasteiger partial charge is 0.505 e. The number of piperazine rings is 2. The Morgan fingerprint density at radius 3 is 1.23 bits per heavy atom. The van der Waals surface area contributed by atoms with Crippen molar-refractivity contribution < 1.29 is 24.5 Å². The Morgan fingerprint density at radius 2 is 0.936 bits per heavy atom. The van der Waals surface area contributed by atoms with Crippen LogP contribution in [0, 0.1) is 11.6 Å². The number of aromatic nitrogens is 2. The average molecular weight is 694 g/mol. The molecule has 2 aliphatic heterocycles. The molecule has 47 heavy (non-hydrogen) atoms. The van der Waals surface area contributed by atoms with Crippen LogP contribution in [0.5, 0.6) is 11.5 Å². The quantitative estimate of drug-likeness (QED) is 0.267. The zero-order valence-electron chi connectivity index (χ0n) is 26.5. The third kappa shape index (κ3) is 10.1. The molecular weight excluding hydrogens is 649 g/mol. The predicted molar refractivity (Wildman–Crippen MR) is 187 cm³/mol. The molecule has 13 heteroatoms. The number of anilines is 2. The smallest absolute Gasteiger partial charge is 0.165 e. The zero-order chi connectivity index (χ0) is 31.1. The maximum Gasteiger partial charge on any atom is 0.165 e. The summed E-state index contributed by atoms with van der Waals surface area (Å²) in [4.78, 5) is 17.9. The van der Waals surface area contributed by atoms with E-state index < -0.39 is 11.6 Å². The second kappa shape index (κ2) is 18.6. The number of halogens is 4. The van der Waals surface area contributed by atoms with Crippen LogP contribution < -0.4 is 9.80 Å². The molecule has 0 bridgehead atoms. The van der Waals surface area contributed by atoms with Crippen LogP contribution in [0.2, 0.25) is 0 Å². The molecule has 4 aromatic rings. The summed E-state index contributed by atoms with van der Waals surface area (Å²) in [6.07, 6.45) is 3.62. The fourth-order valence-corrected chi connectivity index (χ4v) is 5.75. The fraction of sp³-hybridized carbons (Fsp3) is 0.353. The lowest BCUT2D eigenvalue weighted by atomic mass is 10.1. The summed E-state index contributed by atoms with van der Waals surface area (Å²) >= 11 is 0. The number of pyridine rings is 2. The van der Waals surface area contributed by atoms with E-state index in [-0.39, 0.29) is 53.9 Å². The Labute approximate surface area is 287 Å². The zero-order valence-corrected chi connectivity index (χ0v) is 28.2. The number of rotatable bonds is 6. The molecule has 0 radical (unpaired) electrons. The van der Waals surface area contributed by atoms with Crippen molar-refractivity contribution in [3.05, 3.63) is 108 Å². The van der Waals surface area contributed by atoms with E-state index in [1.165, 1.54) is 24.3 Å². The van der Waals surface area contributed by atoms with E-state index >= 15 is 0 Å². The molecule has 2 saturated heterocycles. The minimum atomic E-state index is -0.559. The highest BCUT2D eigenvalue weighted by Gasteiger charge is 2.24. The number of phenolic OH excluding ortho intramolecular Hbond substituents is 2. The van der Waals surface area contributed by atoms with Gasteiger partial charge in [-0.1, -0.05) is 24.3 Å². The average Bonchev–Trinajstić information content (AvgIpc) is 3.08. The molecule has 0 amide bonds. The van der Waals surface area contributed by atoms with E-state index in [1.807, 2.05) is 48.8 Å². The van der Waals surface area contributed by atoms with E-state index in [0.29, 0.717) is 0 Å². The standard InChI is InChI=1S/2C17H20FN3O.2ClH.H2O/c2*1-13(14-5-6-16(22)15(18)12-14)20-8-10-21(11-9-20)17-4-2-3-7-19-17;;;/h2*2-7,12-13,22H,8-11H2,1H3;2*1H;1H2. The van der Waals surface area contributed by atoms with Crippen molar-refractivity contribution in [1.82, 2.24) is 19.8 Å². The molecule has 0 aliphatic carbocycles. The molecule has 4 heterocycles. The summed E-state index contributed by atoms with van der Waals surface area (Å²) in [6.45, 7) is 11.4. The van der Waals surface area contributed by atoms with E-state index in [4.69, 9.17) is 0 Å². The molecule has 6 rings (SSSR count). The summed E-state index contributed by atoms with van der Waals surface area (Å²) in [6, 6.07) is 21.4. The van der Waals surface area contributed by atoms with E-state index in [9.17, 15) is 19.0 Å². The van der Waals surface area contributed by atoms with Crippen LogP contribution in [0.15, 0.2) is 85.2 Å². The minimum Gasteiger partial charge on any atom is -0.505 e. The van der Waals surface area contributed by atoms with Gasteiger partial charge in [0.1, 0.15) is 11.6 Å². The Hall–Kier alpha value is -3.74. The highest BCUT2D eigenvalue weighted by Crippen LogP contribution is 2.28. The molecule has 2 aliphatic rings. The van der Waals surface area contributed by atoms with E-state index in [0.717, 1.165) is 75.1 Å². The highest BCUT2D eigenvalue weighted by atomic mass is 35.5. The summed E-state index contributed by atoms with van der Waals surface area (Å²) in [5.74, 6) is 0.302. The maximum absolute atomic E-state index is 13.5. The van der Waals surface area contributed by atoms with Crippen molar-refractivity contribution in [3.63, 3.8) is 0 Å². The minimum absolute atomic E-state index is 0. The van der Waals surface area contributed by atoms with Gasteiger partial charge >= 0.3 is 0 Å². The van der Waals surface area contributed by atoms with Crippen LogP contribution in [0.25, 0.3) is 0 Å². The lowest BCUT2D eigenvalue weighted by molar-refractivity contribution is 0.198. The van der Waals surface area contributed by atoms with Gasteiger partial charge in [0, 0.05) is 76.8 Å². The summed E-state index contributed by atoms with van der Waals surface area (Å²) in [7, 11) is 0. The van der Waals surface area contributed by atoms with Gasteiger partial charge in [-0.15, -0.1) is 24.8 Å². The van der Waals surface area contributed by atoms with Crippen molar-refractivity contribution in [1.29, 1.82) is 0 Å². The Bertz CT molecular complexity index is 1380. The van der Waals surface area contributed by atoms with Crippen molar-refractivity contribution in [2.45, 2.75) is 25.9 Å². The predicted octanol–water partition coefficient (Wildman–Crippen LogP) is 5.64. The van der Waals surface area contributed by atoms with Crippen molar-refractivity contribution >= 4 is 36.4 Å². The van der Waals surface area contributed by atoms with Gasteiger partial charge < -0.3 is 25.5 Å². The van der Waals surface area contributed by atoms with Crippen LogP contribution in [0.1, 0.15) is 37.1 Å². The second-order valence-electron chi connectivity index (χ2n) is 11.2. The normalized spacial score (nSPS) is 16.3. The van der Waals surface area contributed by atoms with E-state index in [2.05, 4.69) is 43.4 Å². The molecule has 2 fully saturated rings. The fourth-order valence-electron chi connectivity index (χ4n) is 5.75. The van der Waals surface area contributed by atoms with Gasteiger partial charge in [0.2, 0.25) is 0 Å². The first-order valence-electron chi connectivity index (χ1n) is 15.1. The Balaban J connectivity index is 0.000000307. The van der Waals surface area contributed by atoms with Gasteiger partial charge in [-0.3, -0.25) is 9.80 Å². The summed E-state index contributed by atoms with van der Waals surface area (Å²) < 4.78 is 27.0. The molecule has 0 spiro atoms. The van der Waals surface area contributed by atoms with Gasteiger partial charge in [-0.05, 0) is 73.5 Å². The van der Waals surface area contributed by atoms with Gasteiger partial charge in [0.25, 0.3) is 0 Å². The highest BCUT2D eigenvalue weighted by molar-refractivity contribution is 5.85. The van der Waals surface area contributed by atoms with Gasteiger partial charge in [0.15, 0.2) is 23.1 Å². The molecule has 4 N–H and O–H groups in total. The SMILES string of the molecule is CC(c1ccc(O)c(F)c1)N1CCN(c2ccccn2)CC1.CC(c1ccc(O)c(F)c1)N1CCN(c2ccccn2)CC1.Cl.Cl.O. The number of benzene rings is 2. The van der Waals surface area contributed by atoms with E-state index in [1.54, 1.807) is 12.1 Å². The molecular formula is C34H44Cl2F2N6O3. The van der Waals surface area contributed by atoms with Crippen LogP contribution in [-0.4, -0.2) is 87.8 Å². The van der Waals surface area contributed by atoms with Crippen molar-refractivity contribution in [2.24, 2.45) is 0 Å². The molecule has 2 aromatic heterocycles. The lowest BCUT2D eigenvalue weighted by Crippen LogP contribution is -2.47. The summed E-state index contributed by atoms with van der Waals surface area (Å²) in [5, 5.41) is 18.6. The van der Waals surface area contributed by atoms with Gasteiger partial charge in [-0.2, -0.15) is 0 Å². The molecule has 256 valence electrons. The molecule has 0 saturated carbocycles. The van der Waals surface area contributed by atoms with Gasteiger partial charge in [0.05, 0.1) is 0 Å². The van der Waals surface area contributed by atoms with Crippen LogP contribution in [0.4, 0.5) is 20.4 Å². The monoisotopic (exact) mass is 692 g/mol.